The van der Waals surface area contributed by atoms with Crippen molar-refractivity contribution in [2.75, 3.05) is 6.67 Å². The van der Waals surface area contributed by atoms with Crippen molar-refractivity contribution < 1.29 is 4.39 Å². The predicted molar refractivity (Wildman–Crippen MR) is 101 cm³/mol. The number of unbranched alkanes of at least 4 members (excludes halogenated alkanes) is 6. The Morgan fingerprint density at radius 1 is 0.762 bits per heavy atom. The van der Waals surface area contributed by atoms with Crippen molar-refractivity contribution in [2.24, 2.45) is 5.92 Å². The topological polar surface area (TPSA) is 0 Å². The summed E-state index contributed by atoms with van der Waals surface area (Å²) in [5.41, 5.74) is 0. The first-order chi connectivity index (χ1) is 10.2. The summed E-state index contributed by atoms with van der Waals surface area (Å²) in [4.78, 5) is 0. The molecule has 0 nitrogen and oxygen atoms in total. The lowest BCUT2D eigenvalue weighted by atomic mass is 9.92. The summed E-state index contributed by atoms with van der Waals surface area (Å²) in [6.45, 7) is 8.75. The molecule has 0 rings (SSSR count). The largest absolute Gasteiger partial charge is 0.250 e. The van der Waals surface area contributed by atoms with Crippen molar-refractivity contribution in [3.05, 3.63) is 0 Å². The molecule has 0 aromatic heterocycles. The molecule has 21 heavy (non-hydrogen) atoms. The Morgan fingerprint density at radius 3 is 1.67 bits per heavy atom. The van der Waals surface area contributed by atoms with Crippen LogP contribution >= 0.6 is 21.6 Å². The van der Waals surface area contributed by atoms with Crippen LogP contribution in [0, 0.1) is 5.92 Å². The Labute approximate surface area is 141 Å². The maximum absolute atomic E-state index is 13.5. The van der Waals surface area contributed by atoms with E-state index in [-0.39, 0.29) is 11.9 Å². The fourth-order valence-electron chi connectivity index (χ4n) is 2.60. The van der Waals surface area contributed by atoms with Gasteiger partial charge in [0.05, 0.1) is 0 Å². The van der Waals surface area contributed by atoms with Gasteiger partial charge in [-0.1, -0.05) is 101 Å². The Balaban J connectivity index is 4.21. The lowest BCUT2D eigenvalue weighted by molar-refractivity contribution is 0.345. The zero-order valence-electron chi connectivity index (χ0n) is 14.7. The van der Waals surface area contributed by atoms with E-state index in [9.17, 15) is 4.39 Å². The van der Waals surface area contributed by atoms with Gasteiger partial charge in [0.1, 0.15) is 6.67 Å². The van der Waals surface area contributed by atoms with Crippen molar-refractivity contribution >= 4 is 21.6 Å². The highest BCUT2D eigenvalue weighted by molar-refractivity contribution is 8.77. The maximum Gasteiger partial charge on any atom is 0.102 e. The van der Waals surface area contributed by atoms with E-state index in [0.29, 0.717) is 11.2 Å². The maximum atomic E-state index is 13.5. The Hall–Kier alpha value is 0.630. The van der Waals surface area contributed by atoms with Crippen molar-refractivity contribution in [3.63, 3.8) is 0 Å². The Kier molecular flexibility index (Phi) is 16.0. The zero-order valence-corrected chi connectivity index (χ0v) is 16.3. The molecule has 0 saturated carbocycles. The van der Waals surface area contributed by atoms with Crippen LogP contribution in [0.15, 0.2) is 0 Å². The van der Waals surface area contributed by atoms with Gasteiger partial charge < -0.3 is 0 Å². The van der Waals surface area contributed by atoms with E-state index in [1.54, 1.807) is 10.8 Å². The molecular formula is C18H37FS2. The van der Waals surface area contributed by atoms with Crippen LogP contribution in [-0.2, 0) is 0 Å². The molecule has 0 aliphatic rings. The molecule has 0 aliphatic carbocycles. The molecule has 0 saturated heterocycles. The van der Waals surface area contributed by atoms with Gasteiger partial charge in [0.15, 0.2) is 0 Å². The van der Waals surface area contributed by atoms with Crippen molar-refractivity contribution in [3.8, 4) is 0 Å². The predicted octanol–water partition coefficient (Wildman–Crippen LogP) is 7.67. The van der Waals surface area contributed by atoms with Crippen molar-refractivity contribution in [1.82, 2.24) is 0 Å². The van der Waals surface area contributed by atoms with Gasteiger partial charge in [0.25, 0.3) is 0 Å². The lowest BCUT2D eigenvalue weighted by Gasteiger charge is -2.25. The molecular weight excluding hydrogens is 299 g/mol. The molecule has 0 heterocycles. The first-order valence-corrected chi connectivity index (χ1v) is 11.3. The number of hydrogen-bond acceptors (Lipinski definition) is 2. The summed E-state index contributed by atoms with van der Waals surface area (Å²) in [5.74, 6) is 0.583. The number of hydrogen-bond donors (Lipinski definition) is 0. The number of rotatable bonds is 15. The molecule has 0 aliphatic heterocycles. The smallest absolute Gasteiger partial charge is 0.102 e. The summed E-state index contributed by atoms with van der Waals surface area (Å²) in [5, 5.41) is 0.797. The molecule has 1 unspecified atom stereocenters. The van der Waals surface area contributed by atoms with Crippen LogP contribution in [0.3, 0.4) is 0 Å². The fourth-order valence-corrected chi connectivity index (χ4v) is 5.16. The van der Waals surface area contributed by atoms with Gasteiger partial charge in [-0.05, 0) is 18.8 Å². The SMILES string of the molecule is CCCCCCC(CCCCCC)C(CF)SSC(C)C. The van der Waals surface area contributed by atoms with Crippen LogP contribution in [0.25, 0.3) is 0 Å². The molecule has 128 valence electrons. The second kappa shape index (κ2) is 15.5. The second-order valence-corrected chi connectivity index (χ2v) is 9.48. The highest BCUT2D eigenvalue weighted by Crippen LogP contribution is 2.38. The molecule has 0 aromatic rings. The summed E-state index contributed by atoms with van der Waals surface area (Å²) in [6, 6.07) is 0. The van der Waals surface area contributed by atoms with Crippen LogP contribution in [0.1, 0.15) is 91.9 Å². The molecule has 0 amide bonds. The van der Waals surface area contributed by atoms with Crippen LogP contribution in [0.4, 0.5) is 4.39 Å². The number of alkyl halides is 1. The van der Waals surface area contributed by atoms with E-state index in [0.717, 1.165) is 0 Å². The Bertz CT molecular complexity index is 197. The fraction of sp³-hybridized carbons (Fsp3) is 1.00. The van der Waals surface area contributed by atoms with E-state index < -0.39 is 0 Å². The average Bonchev–Trinajstić information content (AvgIpc) is 2.47. The minimum absolute atomic E-state index is 0.156. The minimum atomic E-state index is -0.156. The molecule has 1 atom stereocenters. The average molecular weight is 337 g/mol. The monoisotopic (exact) mass is 336 g/mol. The van der Waals surface area contributed by atoms with E-state index in [2.05, 4.69) is 27.7 Å². The molecule has 0 spiro atoms. The normalized spacial score (nSPS) is 13.3. The van der Waals surface area contributed by atoms with E-state index in [1.807, 2.05) is 10.8 Å². The minimum Gasteiger partial charge on any atom is -0.250 e. The van der Waals surface area contributed by atoms with Gasteiger partial charge in [0, 0.05) is 10.5 Å². The summed E-state index contributed by atoms with van der Waals surface area (Å²) < 4.78 is 13.5. The molecule has 0 radical (unpaired) electrons. The first kappa shape index (κ1) is 21.6. The summed E-state index contributed by atoms with van der Waals surface area (Å²) in [7, 11) is 3.66. The van der Waals surface area contributed by atoms with Crippen LogP contribution in [-0.4, -0.2) is 17.2 Å². The Morgan fingerprint density at radius 2 is 1.29 bits per heavy atom. The van der Waals surface area contributed by atoms with E-state index >= 15 is 0 Å². The standard InChI is InChI=1S/C18H37FS2/c1-5-7-9-11-13-17(14-12-10-8-6-2)18(15-19)21-20-16(3)4/h16-18H,5-15H2,1-4H3. The third kappa shape index (κ3) is 12.8. The molecule has 0 bridgehead atoms. The van der Waals surface area contributed by atoms with Crippen molar-refractivity contribution in [2.45, 2.75) is 102 Å². The van der Waals surface area contributed by atoms with Gasteiger partial charge in [-0.3, -0.25) is 0 Å². The van der Waals surface area contributed by atoms with Gasteiger partial charge >= 0.3 is 0 Å². The van der Waals surface area contributed by atoms with Gasteiger partial charge in [0.2, 0.25) is 0 Å². The molecule has 0 aromatic carbocycles. The quantitative estimate of drug-likeness (QED) is 0.222. The van der Waals surface area contributed by atoms with E-state index in [4.69, 9.17) is 0 Å². The number of halogens is 1. The lowest BCUT2D eigenvalue weighted by Crippen LogP contribution is -2.19. The highest BCUT2D eigenvalue weighted by atomic mass is 33.1. The first-order valence-electron chi connectivity index (χ1n) is 9.03. The van der Waals surface area contributed by atoms with Crippen LogP contribution in [0.5, 0.6) is 0 Å². The van der Waals surface area contributed by atoms with Gasteiger partial charge in [-0.15, -0.1) is 0 Å². The van der Waals surface area contributed by atoms with Gasteiger partial charge in [-0.2, -0.15) is 0 Å². The third-order valence-electron chi connectivity index (χ3n) is 3.91. The van der Waals surface area contributed by atoms with Crippen LogP contribution in [0.2, 0.25) is 0 Å². The third-order valence-corrected chi connectivity index (χ3v) is 7.39. The highest BCUT2D eigenvalue weighted by Gasteiger charge is 2.22. The second-order valence-electron chi connectivity index (χ2n) is 6.39. The molecule has 0 fully saturated rings. The summed E-state index contributed by atoms with van der Waals surface area (Å²) >= 11 is 0. The molecule has 3 heteroatoms. The van der Waals surface area contributed by atoms with E-state index in [1.165, 1.54) is 64.2 Å². The van der Waals surface area contributed by atoms with Crippen LogP contribution < -0.4 is 0 Å². The molecule has 0 N–H and O–H groups in total. The van der Waals surface area contributed by atoms with Crippen molar-refractivity contribution in [1.29, 1.82) is 0 Å². The zero-order chi connectivity index (χ0) is 15.9. The van der Waals surface area contributed by atoms with Gasteiger partial charge in [-0.25, -0.2) is 4.39 Å². The summed E-state index contributed by atoms with van der Waals surface area (Å²) in [6.07, 6.45) is 12.9.